The largest absolute Gasteiger partial charge is 0.459 e. The highest BCUT2D eigenvalue weighted by molar-refractivity contribution is 5.87. The van der Waals surface area contributed by atoms with Crippen molar-refractivity contribution in [3.63, 3.8) is 0 Å². The second kappa shape index (κ2) is 10.9. The van der Waals surface area contributed by atoms with Gasteiger partial charge in [0, 0.05) is 6.92 Å². The van der Waals surface area contributed by atoms with E-state index in [9.17, 15) is 35.1 Å². The number of aliphatic hydroxyl groups is 5. The number of fused-ring (bicyclic) bond motifs is 4. The summed E-state index contributed by atoms with van der Waals surface area (Å²) in [4.78, 5) is 27.2. The van der Waals surface area contributed by atoms with Crippen molar-refractivity contribution in [1.82, 2.24) is 0 Å². The number of carbonyl (C=O) groups is 2. The number of hydrogen-bond acceptors (Lipinski definition) is 12. The van der Waals surface area contributed by atoms with Crippen LogP contribution in [-0.4, -0.2) is 110 Å². The molecule has 4 aliphatic carbocycles. The smallest absolute Gasteiger partial charge is 0.319 e. The predicted octanol–water partition coefficient (Wildman–Crippen LogP) is 2.30. The summed E-state index contributed by atoms with van der Waals surface area (Å²) in [5.74, 6) is -1.43. The zero-order valence-corrected chi connectivity index (χ0v) is 30.1. The van der Waals surface area contributed by atoms with Crippen molar-refractivity contribution in [1.29, 1.82) is 0 Å². The van der Waals surface area contributed by atoms with Crippen LogP contribution in [0, 0.1) is 33.5 Å². The first-order valence-electron chi connectivity index (χ1n) is 18.1. The average molecular weight is 693 g/mol. The summed E-state index contributed by atoms with van der Waals surface area (Å²) in [6.07, 6.45) is -2.70. The zero-order chi connectivity index (χ0) is 35.9. The van der Waals surface area contributed by atoms with Gasteiger partial charge in [0.25, 0.3) is 0 Å². The third-order valence-corrected chi connectivity index (χ3v) is 14.9. The molecule has 15 atom stereocenters. The van der Waals surface area contributed by atoms with Crippen LogP contribution < -0.4 is 0 Å². The highest BCUT2D eigenvalue weighted by Gasteiger charge is 2.90. The number of hydrogen-bond donors (Lipinski definition) is 5. The van der Waals surface area contributed by atoms with Crippen molar-refractivity contribution in [3.8, 4) is 0 Å². The van der Waals surface area contributed by atoms with E-state index in [1.807, 2.05) is 20.8 Å². The Morgan fingerprint density at radius 2 is 1.61 bits per heavy atom. The van der Waals surface area contributed by atoms with Crippen molar-refractivity contribution in [2.75, 3.05) is 6.61 Å². The molecule has 12 heteroatoms. The summed E-state index contributed by atoms with van der Waals surface area (Å²) < 4.78 is 30.6. The van der Waals surface area contributed by atoms with Crippen LogP contribution >= 0.6 is 0 Å². The Balaban J connectivity index is 1.27. The molecule has 0 amide bonds. The minimum Gasteiger partial charge on any atom is -0.459 e. The zero-order valence-electron chi connectivity index (χ0n) is 30.1. The van der Waals surface area contributed by atoms with Gasteiger partial charge in [0.05, 0.1) is 24.4 Å². The van der Waals surface area contributed by atoms with E-state index >= 15 is 0 Å². The minimum atomic E-state index is -2.08. The lowest BCUT2D eigenvalue weighted by Crippen LogP contribution is -2.72. The molecular formula is C37H56O12. The molecule has 0 aromatic carbocycles. The van der Waals surface area contributed by atoms with Crippen molar-refractivity contribution >= 4 is 11.9 Å². The number of cyclic esters (lactones) is 1. The second-order valence-electron chi connectivity index (χ2n) is 18.1. The molecule has 0 bridgehead atoms. The van der Waals surface area contributed by atoms with E-state index in [0.29, 0.717) is 32.1 Å². The van der Waals surface area contributed by atoms with Gasteiger partial charge in [-0.1, -0.05) is 39.3 Å². The molecule has 49 heavy (non-hydrogen) atoms. The van der Waals surface area contributed by atoms with Gasteiger partial charge < -0.3 is 49.2 Å². The number of ether oxygens (including phenoxy) is 5. The summed E-state index contributed by atoms with van der Waals surface area (Å²) >= 11 is 0. The van der Waals surface area contributed by atoms with Crippen LogP contribution in [-0.2, 0) is 33.3 Å². The lowest BCUT2D eigenvalue weighted by atomic mass is 9.40. The fourth-order valence-electron chi connectivity index (χ4n) is 12.5. The molecule has 0 aromatic heterocycles. The molecule has 0 radical (unpaired) electrons. The molecular weight excluding hydrogens is 636 g/mol. The topological polar surface area (TPSA) is 181 Å². The maximum absolute atomic E-state index is 14.6. The van der Waals surface area contributed by atoms with Crippen LogP contribution in [0.3, 0.4) is 0 Å². The van der Waals surface area contributed by atoms with Gasteiger partial charge in [-0.05, 0) is 93.8 Å². The van der Waals surface area contributed by atoms with Crippen LogP contribution in [0.15, 0.2) is 11.6 Å². The van der Waals surface area contributed by atoms with Gasteiger partial charge in [0.15, 0.2) is 17.5 Å². The van der Waals surface area contributed by atoms with Crippen LogP contribution in [0.25, 0.3) is 0 Å². The van der Waals surface area contributed by atoms with E-state index in [2.05, 4.69) is 20.8 Å². The Morgan fingerprint density at radius 1 is 0.918 bits per heavy atom. The summed E-state index contributed by atoms with van der Waals surface area (Å²) in [5.41, 5.74) is -6.82. The predicted molar refractivity (Wildman–Crippen MR) is 172 cm³/mol. The van der Waals surface area contributed by atoms with Gasteiger partial charge in [-0.2, -0.15) is 0 Å². The summed E-state index contributed by atoms with van der Waals surface area (Å²) in [6, 6.07) is 0. The van der Waals surface area contributed by atoms with Gasteiger partial charge in [-0.15, -0.1) is 0 Å². The Morgan fingerprint density at radius 3 is 2.24 bits per heavy atom. The van der Waals surface area contributed by atoms with Crippen molar-refractivity contribution in [2.45, 2.75) is 166 Å². The summed E-state index contributed by atoms with van der Waals surface area (Å²) in [7, 11) is 0. The Hall–Kier alpha value is -1.64. The minimum absolute atomic E-state index is 0.0711. The number of rotatable bonds is 4. The fraction of sp³-hybridized carbons (Fsp3) is 0.892. The molecule has 0 unspecified atom stereocenters. The Labute approximate surface area is 288 Å². The molecule has 3 saturated carbocycles. The molecule has 0 aromatic rings. The lowest BCUT2D eigenvalue weighted by molar-refractivity contribution is -0.302. The molecule has 5 N–H and O–H groups in total. The molecule has 12 nitrogen and oxygen atoms in total. The van der Waals surface area contributed by atoms with Gasteiger partial charge >= 0.3 is 11.9 Å². The van der Waals surface area contributed by atoms with E-state index in [1.165, 1.54) is 6.92 Å². The van der Waals surface area contributed by atoms with E-state index in [4.69, 9.17) is 23.7 Å². The first kappa shape index (κ1) is 35.7. The summed E-state index contributed by atoms with van der Waals surface area (Å²) in [5, 5.41) is 56.5. The molecule has 3 aliphatic heterocycles. The van der Waals surface area contributed by atoms with Gasteiger partial charge in [-0.25, -0.2) is 0 Å². The van der Waals surface area contributed by atoms with Crippen LogP contribution in [0.2, 0.25) is 0 Å². The number of aliphatic hydroxyl groups excluding tert-OH is 4. The van der Waals surface area contributed by atoms with Gasteiger partial charge in [-0.3, -0.25) is 9.59 Å². The van der Waals surface area contributed by atoms with Crippen molar-refractivity contribution in [2.24, 2.45) is 33.5 Å². The van der Waals surface area contributed by atoms with Crippen LogP contribution in [0.5, 0.6) is 0 Å². The molecule has 276 valence electrons. The van der Waals surface area contributed by atoms with E-state index < -0.39 is 93.3 Å². The standard InChI is InChI=1S/C37H56O12/c1-18(38)46-26-16-34(7)19-9-10-22-32(4,5)24(47-29-28(42)27(41)21(39)17-45-29)12-14-33(22,6)20(19)15-23(40)36(34)30(43)49-35(8,37(26,36)44)25-11-13-31(2,3)48-25/h15,19,21-29,39-42,44H,9-14,16-17H2,1-8H3/t19-,21-,22+,23+,24+,25-,26+,27+,28-,29+,33-,34+,35+,36-,37+/m1/s1. The lowest BCUT2D eigenvalue weighted by Gasteiger charge is -2.64. The quantitative estimate of drug-likeness (QED) is 0.165. The SMILES string of the molecule is CC(=O)O[C@H]1C[C@@]2(C)[C@@H]3CC[C@H]4C(C)(C)[C@@H](O[C@@H]5OC[C@@H](O)[C@H](O)[C@H]5O)CC[C@]4(C)C3=C[C@H](O)[C@@]23C(=O)O[C@@](C)([C@H]2CCC(C)(C)O2)[C@@]13O. The van der Waals surface area contributed by atoms with E-state index in [-0.39, 0.29) is 31.0 Å². The number of allylic oxidation sites excluding steroid dienone is 1. The second-order valence-corrected chi connectivity index (χ2v) is 18.1. The van der Waals surface area contributed by atoms with E-state index in [0.717, 1.165) is 12.0 Å². The van der Waals surface area contributed by atoms with Gasteiger partial charge in [0.2, 0.25) is 0 Å². The normalized spacial score (nSPS) is 54.2. The molecule has 3 saturated heterocycles. The van der Waals surface area contributed by atoms with Crippen LogP contribution in [0.4, 0.5) is 0 Å². The highest BCUT2D eigenvalue weighted by Crippen LogP contribution is 2.78. The third-order valence-electron chi connectivity index (χ3n) is 14.9. The van der Waals surface area contributed by atoms with Crippen molar-refractivity contribution < 1.29 is 58.8 Å². The maximum Gasteiger partial charge on any atom is 0.319 e. The first-order chi connectivity index (χ1) is 22.6. The summed E-state index contributed by atoms with van der Waals surface area (Å²) in [6.45, 7) is 15.2. The average Bonchev–Trinajstić information content (AvgIpc) is 3.54. The molecule has 6 fully saturated rings. The maximum atomic E-state index is 14.6. The van der Waals surface area contributed by atoms with Gasteiger partial charge in [0.1, 0.15) is 35.9 Å². The molecule has 7 aliphatic rings. The first-order valence-corrected chi connectivity index (χ1v) is 18.1. The van der Waals surface area contributed by atoms with Crippen LogP contribution in [0.1, 0.15) is 100 Å². The molecule has 3 heterocycles. The Bertz CT molecular complexity index is 1430. The number of esters is 2. The molecule has 7 rings (SSSR count). The van der Waals surface area contributed by atoms with Crippen molar-refractivity contribution in [3.05, 3.63) is 11.6 Å². The number of carbonyl (C=O) groups excluding carboxylic acids is 2. The molecule has 1 spiro atoms. The third kappa shape index (κ3) is 4.38. The fourth-order valence-corrected chi connectivity index (χ4v) is 12.5. The van der Waals surface area contributed by atoms with E-state index in [1.54, 1.807) is 13.0 Å². The highest BCUT2D eigenvalue weighted by atomic mass is 16.7. The Kier molecular flexibility index (Phi) is 7.98. The monoisotopic (exact) mass is 692 g/mol.